The molecule has 1 aromatic carbocycles. The van der Waals surface area contributed by atoms with Gasteiger partial charge in [0.05, 0.1) is 0 Å². The number of benzene rings is 1. The van der Waals surface area contributed by atoms with Crippen molar-refractivity contribution in [1.29, 1.82) is 0 Å². The van der Waals surface area contributed by atoms with Gasteiger partial charge in [-0.2, -0.15) is 0 Å². The van der Waals surface area contributed by atoms with E-state index in [1.807, 2.05) is 60.6 Å². The molecular weight excluding hydrogens is 312 g/mol. The molecule has 0 atom stereocenters. The van der Waals surface area contributed by atoms with Crippen LogP contribution in [-0.4, -0.2) is 25.4 Å². The lowest BCUT2D eigenvalue weighted by Crippen LogP contribution is -2.29. The molecule has 1 rings (SSSR count). The normalized spacial score (nSPS) is 7.60. The van der Waals surface area contributed by atoms with Crippen LogP contribution in [0.3, 0.4) is 0 Å². The molecule has 0 aliphatic heterocycles. The molecule has 4 nitrogen and oxygen atoms in total. The van der Waals surface area contributed by atoms with Gasteiger partial charge in [0.25, 0.3) is 5.91 Å². The second-order valence-electron chi connectivity index (χ2n) is 4.25. The molecule has 4 heteroatoms. The summed E-state index contributed by atoms with van der Waals surface area (Å²) in [6, 6.07) is 7.30. The second kappa shape index (κ2) is 27.0. The van der Waals surface area contributed by atoms with Gasteiger partial charge in [-0.05, 0) is 19.1 Å². The molecule has 0 bridgehead atoms. The third kappa shape index (κ3) is 22.2. The van der Waals surface area contributed by atoms with E-state index in [0.717, 1.165) is 5.56 Å². The van der Waals surface area contributed by atoms with Gasteiger partial charge in [0, 0.05) is 25.6 Å². The smallest absolute Gasteiger partial charge is 0.251 e. The summed E-state index contributed by atoms with van der Waals surface area (Å²) in [4.78, 5) is 22.5. The minimum absolute atomic E-state index is 0.0794. The maximum Gasteiger partial charge on any atom is 0.251 e. The van der Waals surface area contributed by atoms with Gasteiger partial charge in [0.2, 0.25) is 5.91 Å². The Bertz CT molecular complexity index is 387. The number of aryl methyl sites for hydroxylation is 1. The molecule has 0 spiro atoms. The minimum Gasteiger partial charge on any atom is -0.359 e. The van der Waals surface area contributed by atoms with Gasteiger partial charge in [-0.25, -0.2) is 0 Å². The van der Waals surface area contributed by atoms with Crippen molar-refractivity contribution in [2.75, 3.05) is 13.6 Å². The Labute approximate surface area is 156 Å². The van der Waals surface area contributed by atoms with Crippen LogP contribution in [0.1, 0.15) is 84.2 Å². The van der Waals surface area contributed by atoms with Crippen LogP contribution in [0.5, 0.6) is 0 Å². The van der Waals surface area contributed by atoms with Gasteiger partial charge >= 0.3 is 0 Å². The summed E-state index contributed by atoms with van der Waals surface area (Å²) in [6.45, 7) is 18.6. The Morgan fingerprint density at radius 1 is 0.880 bits per heavy atom. The molecule has 0 fully saturated rings. The van der Waals surface area contributed by atoms with E-state index in [1.54, 1.807) is 19.2 Å². The molecule has 148 valence electrons. The molecule has 0 heterocycles. The number of amides is 2. The zero-order valence-corrected chi connectivity index (χ0v) is 18.2. The monoisotopic (exact) mass is 354 g/mol. The molecule has 0 saturated carbocycles. The highest BCUT2D eigenvalue weighted by atomic mass is 16.2. The SMILES string of the molecule is CC.CC.CC.CCC.CNC(=O)CCNC(=O)c1ccc(C)cc1. The Kier molecular flexibility index (Phi) is 33.5. The largest absolute Gasteiger partial charge is 0.359 e. The van der Waals surface area contributed by atoms with Crippen molar-refractivity contribution >= 4 is 11.8 Å². The van der Waals surface area contributed by atoms with E-state index in [4.69, 9.17) is 0 Å². The average molecular weight is 355 g/mol. The van der Waals surface area contributed by atoms with Crippen LogP contribution in [-0.2, 0) is 4.79 Å². The zero-order valence-electron chi connectivity index (χ0n) is 18.2. The summed E-state index contributed by atoms with van der Waals surface area (Å²) in [7, 11) is 1.57. The predicted octanol–water partition coefficient (Wildman–Crippen LogP) is 5.36. The molecule has 0 radical (unpaired) electrons. The molecule has 0 aliphatic rings. The van der Waals surface area contributed by atoms with Gasteiger partial charge in [-0.3, -0.25) is 9.59 Å². The third-order valence-electron chi connectivity index (χ3n) is 2.23. The first-order valence-corrected chi connectivity index (χ1v) is 9.60. The van der Waals surface area contributed by atoms with E-state index < -0.39 is 0 Å². The number of hydrogen-bond acceptors (Lipinski definition) is 2. The van der Waals surface area contributed by atoms with E-state index in [0.29, 0.717) is 18.5 Å². The van der Waals surface area contributed by atoms with Gasteiger partial charge < -0.3 is 10.6 Å². The lowest BCUT2D eigenvalue weighted by atomic mass is 10.1. The van der Waals surface area contributed by atoms with Crippen molar-refractivity contribution in [2.45, 2.75) is 75.2 Å². The molecule has 0 aliphatic carbocycles. The minimum atomic E-state index is -0.149. The van der Waals surface area contributed by atoms with Crippen LogP contribution in [0, 0.1) is 6.92 Å². The third-order valence-corrected chi connectivity index (χ3v) is 2.23. The molecular formula is C21H42N2O2. The van der Waals surface area contributed by atoms with Gasteiger partial charge in [0.1, 0.15) is 0 Å². The van der Waals surface area contributed by atoms with Crippen LogP contribution < -0.4 is 10.6 Å². The number of rotatable bonds is 4. The average Bonchev–Trinajstić information content (AvgIpc) is 2.67. The summed E-state index contributed by atoms with van der Waals surface area (Å²) in [5.41, 5.74) is 1.73. The van der Waals surface area contributed by atoms with E-state index in [1.165, 1.54) is 6.42 Å². The molecule has 2 amide bonds. The van der Waals surface area contributed by atoms with Gasteiger partial charge in [-0.15, -0.1) is 0 Å². The van der Waals surface area contributed by atoms with Crippen LogP contribution >= 0.6 is 0 Å². The highest BCUT2D eigenvalue weighted by Crippen LogP contribution is 2.02. The Morgan fingerprint density at radius 2 is 1.28 bits per heavy atom. The summed E-state index contributed by atoms with van der Waals surface area (Å²) in [6.07, 6.45) is 1.55. The van der Waals surface area contributed by atoms with Crippen LogP contribution in [0.25, 0.3) is 0 Å². The van der Waals surface area contributed by atoms with Crippen molar-refractivity contribution in [1.82, 2.24) is 10.6 Å². The van der Waals surface area contributed by atoms with Crippen molar-refractivity contribution in [3.8, 4) is 0 Å². The maximum atomic E-state index is 11.6. The van der Waals surface area contributed by atoms with Crippen molar-refractivity contribution in [2.24, 2.45) is 0 Å². The summed E-state index contributed by atoms with van der Waals surface area (Å²) >= 11 is 0. The second-order valence-corrected chi connectivity index (χ2v) is 4.25. The molecule has 0 saturated heterocycles. The van der Waals surface area contributed by atoms with Crippen LogP contribution in [0.15, 0.2) is 24.3 Å². The fourth-order valence-electron chi connectivity index (χ4n) is 1.22. The maximum absolute atomic E-state index is 11.6. The van der Waals surface area contributed by atoms with Gasteiger partial charge in [-0.1, -0.05) is 79.5 Å². The highest BCUT2D eigenvalue weighted by Gasteiger charge is 2.04. The first kappa shape index (κ1) is 31.0. The molecule has 25 heavy (non-hydrogen) atoms. The van der Waals surface area contributed by atoms with Crippen molar-refractivity contribution in [3.63, 3.8) is 0 Å². The number of nitrogens with one attached hydrogen (secondary N) is 2. The topological polar surface area (TPSA) is 58.2 Å². The first-order chi connectivity index (χ1) is 12.0. The van der Waals surface area contributed by atoms with Crippen molar-refractivity contribution in [3.05, 3.63) is 35.4 Å². The van der Waals surface area contributed by atoms with Crippen molar-refractivity contribution < 1.29 is 9.59 Å². The lowest BCUT2D eigenvalue weighted by molar-refractivity contribution is -0.120. The molecule has 2 N–H and O–H groups in total. The fourth-order valence-corrected chi connectivity index (χ4v) is 1.22. The first-order valence-electron chi connectivity index (χ1n) is 9.60. The Balaban J connectivity index is -0.000000210. The molecule has 0 aromatic heterocycles. The predicted molar refractivity (Wildman–Crippen MR) is 112 cm³/mol. The number of carbonyl (C=O) groups excluding carboxylic acids is 2. The van der Waals surface area contributed by atoms with E-state index in [9.17, 15) is 9.59 Å². The zero-order chi connectivity index (χ0) is 20.7. The lowest BCUT2D eigenvalue weighted by Gasteiger charge is -2.04. The molecule has 0 unspecified atom stereocenters. The van der Waals surface area contributed by atoms with E-state index in [2.05, 4.69) is 24.5 Å². The number of carbonyl (C=O) groups is 2. The Morgan fingerprint density at radius 3 is 1.64 bits per heavy atom. The van der Waals surface area contributed by atoms with Crippen LogP contribution in [0.2, 0.25) is 0 Å². The highest BCUT2D eigenvalue weighted by molar-refractivity contribution is 5.94. The quantitative estimate of drug-likeness (QED) is 0.765. The van der Waals surface area contributed by atoms with E-state index >= 15 is 0 Å². The Hall–Kier alpha value is -1.84. The summed E-state index contributed by atoms with van der Waals surface area (Å²) in [5.74, 6) is -0.229. The van der Waals surface area contributed by atoms with Gasteiger partial charge in [0.15, 0.2) is 0 Å². The number of hydrogen-bond donors (Lipinski definition) is 2. The van der Waals surface area contributed by atoms with E-state index in [-0.39, 0.29) is 11.8 Å². The standard InChI is InChI=1S/C12H16N2O2.C3H8.3C2H6/c1-9-3-5-10(6-4-9)12(16)14-8-7-11(15)13-2;1-3-2;3*1-2/h3-6H,7-8H2,1-2H3,(H,13,15)(H,14,16);3H2,1-2H3;3*1-2H3. The summed E-state index contributed by atoms with van der Waals surface area (Å²) < 4.78 is 0. The van der Waals surface area contributed by atoms with Crippen LogP contribution in [0.4, 0.5) is 0 Å². The summed E-state index contributed by atoms with van der Waals surface area (Å²) in [5, 5.41) is 5.18. The molecule has 1 aromatic rings. The fraction of sp³-hybridized carbons (Fsp3) is 0.619.